The summed E-state index contributed by atoms with van der Waals surface area (Å²) in [5.74, 6) is 1.81. The maximum Gasteiger partial charge on any atom is 0.169 e. The molecule has 4 atom stereocenters. The first kappa shape index (κ1) is 12.5. The van der Waals surface area contributed by atoms with E-state index in [1.807, 2.05) is 0 Å². The van der Waals surface area contributed by atoms with Gasteiger partial charge in [0.2, 0.25) is 0 Å². The van der Waals surface area contributed by atoms with Crippen LogP contribution in [0, 0.1) is 5.41 Å². The van der Waals surface area contributed by atoms with Crippen molar-refractivity contribution in [3.8, 4) is 11.5 Å². The predicted octanol–water partition coefficient (Wildman–Crippen LogP) is 2.12. The monoisotopic (exact) mass is 309 g/mol. The molecule has 1 aromatic carbocycles. The number of phenolic OH excluding ortho intramolecular Hbond substituents is 1. The summed E-state index contributed by atoms with van der Waals surface area (Å²) in [5, 5.41) is 10.4. The Morgan fingerprint density at radius 1 is 1.35 bits per heavy atom. The summed E-state index contributed by atoms with van der Waals surface area (Å²) < 4.78 is 12.0. The van der Waals surface area contributed by atoms with Crippen LogP contribution in [0.1, 0.15) is 17.5 Å². The van der Waals surface area contributed by atoms with Gasteiger partial charge in [-0.3, -0.25) is 4.90 Å². The first-order valence-electron chi connectivity index (χ1n) is 8.29. The molecule has 0 radical (unpaired) electrons. The van der Waals surface area contributed by atoms with Crippen molar-refractivity contribution in [2.24, 2.45) is 5.41 Å². The average Bonchev–Trinajstić information content (AvgIpc) is 2.96. The van der Waals surface area contributed by atoms with E-state index in [1.165, 1.54) is 16.7 Å². The molecule has 2 fully saturated rings. The number of nitrogens with zero attached hydrogens (tertiary/aromatic N) is 1. The second-order valence-corrected chi connectivity index (χ2v) is 7.85. The molecule has 1 saturated carbocycles. The standard InChI is InChI=1S/C19H19NO3/c1-20-9-18-7-10-3-5-12(21)15-14(10)19(8-18)11(16(18)20)4-6-13(22-2)17(19)23-15/h3-6,16-17,21H,7-9H2,1-2H3/t16?,17-,18-,19-/m0/s1. The number of hydrogen-bond donors (Lipinski definition) is 1. The van der Waals surface area contributed by atoms with Gasteiger partial charge in [0, 0.05) is 23.6 Å². The van der Waals surface area contributed by atoms with E-state index in [0.29, 0.717) is 17.2 Å². The maximum atomic E-state index is 10.4. The minimum atomic E-state index is -0.142. The summed E-state index contributed by atoms with van der Waals surface area (Å²) in [6, 6.07) is 4.38. The van der Waals surface area contributed by atoms with Crippen molar-refractivity contribution in [1.29, 1.82) is 0 Å². The van der Waals surface area contributed by atoms with Gasteiger partial charge in [-0.25, -0.2) is 0 Å². The van der Waals surface area contributed by atoms with Crippen LogP contribution in [0.2, 0.25) is 0 Å². The summed E-state index contributed by atoms with van der Waals surface area (Å²) in [6.07, 6.45) is 6.38. The van der Waals surface area contributed by atoms with Crippen molar-refractivity contribution in [1.82, 2.24) is 4.90 Å². The molecular weight excluding hydrogens is 290 g/mol. The molecule has 0 amide bonds. The molecule has 0 aromatic heterocycles. The van der Waals surface area contributed by atoms with Gasteiger partial charge in [0.05, 0.1) is 12.5 Å². The third kappa shape index (κ3) is 1.07. The first-order valence-corrected chi connectivity index (χ1v) is 8.29. The number of benzene rings is 1. The Balaban J connectivity index is 1.71. The van der Waals surface area contributed by atoms with Crippen LogP contribution >= 0.6 is 0 Å². The largest absolute Gasteiger partial charge is 0.504 e. The normalized spacial score (nSPS) is 41.3. The van der Waals surface area contributed by atoms with Gasteiger partial charge in [-0.2, -0.15) is 0 Å². The fourth-order valence-electron chi connectivity index (χ4n) is 6.41. The molecular formula is C19H19NO3. The van der Waals surface area contributed by atoms with E-state index < -0.39 is 0 Å². The lowest BCUT2D eigenvalue weighted by molar-refractivity contribution is -0.0223. The number of fused-ring (bicyclic) bond motifs is 1. The SMILES string of the molecule is COC1=CC=C2C3N(C)C[C@@]34Cc3ccc(O)c5c3[C@@]2(C4)[C@H]1O5. The van der Waals surface area contributed by atoms with Crippen LogP contribution in [0.5, 0.6) is 11.5 Å². The molecule has 1 N–H and O–H groups in total. The van der Waals surface area contributed by atoms with Gasteiger partial charge in [0.1, 0.15) is 5.76 Å². The number of aromatic hydroxyl groups is 1. The Bertz CT molecular complexity index is 841. The molecule has 2 bridgehead atoms. The highest BCUT2D eigenvalue weighted by molar-refractivity contribution is 5.69. The van der Waals surface area contributed by atoms with E-state index >= 15 is 0 Å². The highest BCUT2D eigenvalue weighted by Crippen LogP contribution is 2.72. The van der Waals surface area contributed by atoms with Crippen LogP contribution in [-0.4, -0.2) is 42.9 Å². The quantitative estimate of drug-likeness (QED) is 0.863. The van der Waals surface area contributed by atoms with Gasteiger partial charge in [-0.15, -0.1) is 0 Å². The number of likely N-dealkylation sites (N-methyl/N-ethyl adjacent to an activating group) is 1. The molecule has 23 heavy (non-hydrogen) atoms. The number of phenols is 1. The molecule has 6 rings (SSSR count). The van der Waals surface area contributed by atoms with Crippen molar-refractivity contribution in [2.75, 3.05) is 20.7 Å². The molecule has 2 aliphatic heterocycles. The van der Waals surface area contributed by atoms with E-state index in [0.717, 1.165) is 25.1 Å². The van der Waals surface area contributed by atoms with Crippen LogP contribution in [0.3, 0.4) is 0 Å². The first-order chi connectivity index (χ1) is 11.1. The van der Waals surface area contributed by atoms with Gasteiger partial charge in [-0.05, 0) is 43.2 Å². The van der Waals surface area contributed by atoms with Crippen molar-refractivity contribution in [3.05, 3.63) is 46.7 Å². The Labute approximate surface area is 135 Å². The summed E-state index contributed by atoms with van der Waals surface area (Å²) in [6.45, 7) is 1.14. The topological polar surface area (TPSA) is 41.9 Å². The Morgan fingerprint density at radius 3 is 3.00 bits per heavy atom. The van der Waals surface area contributed by atoms with Crippen LogP contribution < -0.4 is 4.74 Å². The summed E-state index contributed by atoms with van der Waals surface area (Å²) in [4.78, 5) is 2.47. The minimum Gasteiger partial charge on any atom is -0.504 e. The molecule has 5 aliphatic rings. The van der Waals surface area contributed by atoms with E-state index in [1.54, 1.807) is 13.2 Å². The Morgan fingerprint density at radius 2 is 2.22 bits per heavy atom. The number of rotatable bonds is 1. The fourth-order valence-corrected chi connectivity index (χ4v) is 6.41. The second kappa shape index (κ2) is 3.44. The lowest BCUT2D eigenvalue weighted by Crippen LogP contribution is -2.61. The zero-order valence-corrected chi connectivity index (χ0v) is 13.3. The molecule has 118 valence electrons. The minimum absolute atomic E-state index is 0.134. The smallest absolute Gasteiger partial charge is 0.169 e. The van der Waals surface area contributed by atoms with E-state index in [4.69, 9.17) is 9.47 Å². The van der Waals surface area contributed by atoms with Crippen molar-refractivity contribution < 1.29 is 14.6 Å². The van der Waals surface area contributed by atoms with Crippen LogP contribution in [0.15, 0.2) is 35.6 Å². The Hall–Kier alpha value is -1.94. The van der Waals surface area contributed by atoms with Gasteiger partial charge >= 0.3 is 0 Å². The molecule has 1 unspecified atom stereocenters. The lowest BCUT2D eigenvalue weighted by atomic mass is 9.61. The van der Waals surface area contributed by atoms with E-state index in [9.17, 15) is 5.11 Å². The number of ether oxygens (including phenoxy) is 2. The Kier molecular flexibility index (Phi) is 1.86. The molecule has 3 aliphatic carbocycles. The van der Waals surface area contributed by atoms with Crippen molar-refractivity contribution >= 4 is 0 Å². The third-order valence-corrected chi connectivity index (χ3v) is 6.84. The number of hydrogen-bond acceptors (Lipinski definition) is 4. The third-order valence-electron chi connectivity index (χ3n) is 6.84. The zero-order valence-electron chi connectivity index (χ0n) is 13.3. The van der Waals surface area contributed by atoms with Gasteiger partial charge in [-0.1, -0.05) is 12.1 Å². The molecule has 4 heteroatoms. The number of methoxy groups -OCH3 is 1. The van der Waals surface area contributed by atoms with E-state index in [-0.39, 0.29) is 17.3 Å². The molecule has 4 nitrogen and oxygen atoms in total. The molecule has 2 heterocycles. The lowest BCUT2D eigenvalue weighted by Gasteiger charge is -2.53. The summed E-state index contributed by atoms with van der Waals surface area (Å²) in [7, 11) is 3.93. The average molecular weight is 309 g/mol. The second-order valence-electron chi connectivity index (χ2n) is 7.85. The van der Waals surface area contributed by atoms with Crippen LogP contribution in [0.4, 0.5) is 0 Å². The number of likely N-dealkylation sites (tertiary alicyclic amines) is 1. The fraction of sp³-hybridized carbons (Fsp3) is 0.474. The summed E-state index contributed by atoms with van der Waals surface area (Å²) in [5.41, 5.74) is 4.22. The molecule has 1 saturated heterocycles. The van der Waals surface area contributed by atoms with Gasteiger partial charge < -0.3 is 14.6 Å². The van der Waals surface area contributed by atoms with E-state index in [2.05, 4.69) is 30.2 Å². The maximum absolute atomic E-state index is 10.4. The van der Waals surface area contributed by atoms with Crippen LogP contribution in [0.25, 0.3) is 0 Å². The van der Waals surface area contributed by atoms with Gasteiger partial charge in [0.15, 0.2) is 17.6 Å². The van der Waals surface area contributed by atoms with Crippen molar-refractivity contribution in [2.45, 2.75) is 30.4 Å². The van der Waals surface area contributed by atoms with Crippen molar-refractivity contribution in [3.63, 3.8) is 0 Å². The number of allylic oxidation sites excluding steroid dienone is 2. The molecule has 2 spiro atoms. The zero-order chi connectivity index (χ0) is 15.6. The predicted molar refractivity (Wildman–Crippen MR) is 84.5 cm³/mol. The van der Waals surface area contributed by atoms with Gasteiger partial charge in [0.25, 0.3) is 0 Å². The summed E-state index contributed by atoms with van der Waals surface area (Å²) >= 11 is 0. The molecule has 1 aromatic rings. The highest BCUT2D eigenvalue weighted by atomic mass is 16.5. The van der Waals surface area contributed by atoms with Crippen LogP contribution in [-0.2, 0) is 16.6 Å². The highest BCUT2D eigenvalue weighted by Gasteiger charge is 2.74.